The maximum Gasteiger partial charge on any atom is 0.316 e. The van der Waals surface area contributed by atoms with Crippen LogP contribution < -0.4 is 27.0 Å². The van der Waals surface area contributed by atoms with Crippen molar-refractivity contribution in [2.24, 2.45) is 11.5 Å². The first-order valence-electron chi connectivity index (χ1n) is 6.11. The van der Waals surface area contributed by atoms with Gasteiger partial charge in [0.05, 0.1) is 0 Å². The molecule has 0 saturated heterocycles. The van der Waals surface area contributed by atoms with Gasteiger partial charge in [0.15, 0.2) is 0 Å². The van der Waals surface area contributed by atoms with E-state index in [-0.39, 0.29) is 0 Å². The van der Waals surface area contributed by atoms with E-state index in [9.17, 15) is 9.59 Å². The van der Waals surface area contributed by atoms with Crippen LogP contribution in [0.4, 0.5) is 26.7 Å². The lowest BCUT2D eigenvalue weighted by atomic mass is 10.2. The molecular weight excluding hydrogens is 317 g/mol. The molecule has 1 aromatic rings. The molecule has 0 radical (unpaired) electrons. The summed E-state index contributed by atoms with van der Waals surface area (Å²) < 4.78 is 0. The van der Waals surface area contributed by atoms with Gasteiger partial charge in [0, 0.05) is 41.9 Å². The number of carbonyl (C=O) groups is 2. The number of anilines is 3. The number of hydrogen-bond donors (Lipinski definition) is 4. The van der Waals surface area contributed by atoms with Crippen LogP contribution in [-0.4, -0.2) is 36.9 Å². The van der Waals surface area contributed by atoms with Crippen molar-refractivity contribution in [2.75, 3.05) is 40.4 Å². The number of halogens is 2. The largest absolute Gasteiger partial charge is 0.369 e. The van der Waals surface area contributed by atoms with Crippen LogP contribution in [0.25, 0.3) is 0 Å². The molecule has 0 heterocycles. The van der Waals surface area contributed by atoms with E-state index in [1.165, 1.54) is 0 Å². The maximum absolute atomic E-state index is 11.0. The number of hydrogen-bond acceptors (Lipinski definition) is 3. The van der Waals surface area contributed by atoms with Gasteiger partial charge in [-0.1, -0.05) is 0 Å². The average molecular weight is 334 g/mol. The summed E-state index contributed by atoms with van der Waals surface area (Å²) in [5.41, 5.74) is 11.8. The van der Waals surface area contributed by atoms with Crippen LogP contribution in [0.1, 0.15) is 0 Å². The van der Waals surface area contributed by atoms with Crippen molar-refractivity contribution in [2.45, 2.75) is 0 Å². The minimum atomic E-state index is -0.710. The molecule has 0 aliphatic heterocycles. The SMILES string of the molecule is NC(=O)Nc1cc(NC(N)=O)cc(N(CCCl)CCCl)c1. The van der Waals surface area contributed by atoms with E-state index in [2.05, 4.69) is 10.6 Å². The number of benzene rings is 1. The Morgan fingerprint density at radius 3 is 1.71 bits per heavy atom. The summed E-state index contributed by atoms with van der Waals surface area (Å²) in [7, 11) is 0. The number of carbonyl (C=O) groups excluding carboxylic acids is 2. The quantitative estimate of drug-likeness (QED) is 0.572. The molecule has 0 fully saturated rings. The molecule has 1 aromatic carbocycles. The number of nitrogens with zero attached hydrogens (tertiary/aromatic N) is 1. The number of nitrogens with two attached hydrogens (primary N) is 2. The molecule has 4 amide bonds. The third kappa shape index (κ3) is 5.97. The van der Waals surface area contributed by atoms with E-state index in [1.807, 2.05) is 4.90 Å². The normalized spacial score (nSPS) is 10.0. The molecule has 0 aliphatic carbocycles. The molecule has 0 atom stereocenters. The lowest BCUT2D eigenvalue weighted by Crippen LogP contribution is -2.28. The van der Waals surface area contributed by atoms with Gasteiger partial charge >= 0.3 is 12.1 Å². The maximum atomic E-state index is 11.0. The Hall–Kier alpha value is -1.86. The summed E-state index contributed by atoms with van der Waals surface area (Å²) >= 11 is 11.5. The van der Waals surface area contributed by atoms with Crippen LogP contribution in [0.15, 0.2) is 18.2 Å². The number of rotatable bonds is 7. The number of urea groups is 2. The molecule has 0 aromatic heterocycles. The molecule has 0 spiro atoms. The minimum absolute atomic E-state index is 0.406. The van der Waals surface area contributed by atoms with Crippen molar-refractivity contribution < 1.29 is 9.59 Å². The standard InChI is InChI=1S/C12H17Cl2N5O2/c13-1-3-19(4-2-14)10-6-8(17-11(15)20)5-9(7-10)18-12(16)21/h5-7H,1-4H2,(H3,15,17,20)(H3,16,18,21). The zero-order chi connectivity index (χ0) is 15.8. The molecule has 116 valence electrons. The van der Waals surface area contributed by atoms with Crippen molar-refractivity contribution >= 4 is 52.3 Å². The lowest BCUT2D eigenvalue weighted by molar-refractivity contribution is 0.258. The molecule has 7 nitrogen and oxygen atoms in total. The summed E-state index contributed by atoms with van der Waals surface area (Å²) in [6, 6.07) is 3.53. The smallest absolute Gasteiger partial charge is 0.316 e. The predicted octanol–water partition coefficient (Wildman–Crippen LogP) is 1.95. The van der Waals surface area contributed by atoms with Gasteiger partial charge in [-0.3, -0.25) is 0 Å². The fourth-order valence-corrected chi connectivity index (χ4v) is 2.20. The van der Waals surface area contributed by atoms with Gasteiger partial charge in [-0.2, -0.15) is 0 Å². The first-order valence-corrected chi connectivity index (χ1v) is 7.18. The predicted molar refractivity (Wildman–Crippen MR) is 86.5 cm³/mol. The molecular formula is C12H17Cl2N5O2. The minimum Gasteiger partial charge on any atom is -0.369 e. The summed E-state index contributed by atoms with van der Waals surface area (Å²) in [5.74, 6) is 0.811. The highest BCUT2D eigenvalue weighted by Crippen LogP contribution is 2.26. The zero-order valence-corrected chi connectivity index (χ0v) is 12.7. The van der Waals surface area contributed by atoms with Gasteiger partial charge in [0.1, 0.15) is 0 Å². The molecule has 0 saturated carbocycles. The molecule has 0 aliphatic rings. The first kappa shape index (κ1) is 17.2. The van der Waals surface area contributed by atoms with Crippen molar-refractivity contribution in [1.29, 1.82) is 0 Å². The van der Waals surface area contributed by atoms with Crippen LogP contribution in [0, 0.1) is 0 Å². The highest BCUT2D eigenvalue weighted by Gasteiger charge is 2.10. The number of alkyl halides is 2. The topological polar surface area (TPSA) is 113 Å². The monoisotopic (exact) mass is 333 g/mol. The fourth-order valence-electron chi connectivity index (χ4n) is 1.80. The van der Waals surface area contributed by atoms with Gasteiger partial charge in [-0.05, 0) is 18.2 Å². The van der Waals surface area contributed by atoms with E-state index in [4.69, 9.17) is 34.7 Å². The highest BCUT2D eigenvalue weighted by atomic mass is 35.5. The van der Waals surface area contributed by atoms with E-state index in [0.717, 1.165) is 5.69 Å². The van der Waals surface area contributed by atoms with Gasteiger partial charge < -0.3 is 27.0 Å². The molecule has 0 unspecified atom stereocenters. The third-order valence-electron chi connectivity index (χ3n) is 2.53. The zero-order valence-electron chi connectivity index (χ0n) is 11.2. The first-order chi connectivity index (χ1) is 9.96. The molecule has 6 N–H and O–H groups in total. The van der Waals surface area contributed by atoms with Crippen LogP contribution in [0.5, 0.6) is 0 Å². The molecule has 9 heteroatoms. The average Bonchev–Trinajstić information content (AvgIpc) is 2.36. The number of nitrogens with one attached hydrogen (secondary N) is 2. The molecule has 0 bridgehead atoms. The number of amides is 4. The second kappa shape index (κ2) is 8.43. The summed E-state index contributed by atoms with van der Waals surface area (Å²) in [6.45, 7) is 1.12. The summed E-state index contributed by atoms with van der Waals surface area (Å²) in [4.78, 5) is 23.9. The second-order valence-electron chi connectivity index (χ2n) is 4.11. The number of primary amides is 2. The van der Waals surface area contributed by atoms with Crippen LogP contribution in [0.2, 0.25) is 0 Å². The Morgan fingerprint density at radius 1 is 0.952 bits per heavy atom. The molecule has 1 rings (SSSR count). The summed E-state index contributed by atoms with van der Waals surface area (Å²) in [6.07, 6.45) is 0. The van der Waals surface area contributed by atoms with Crippen LogP contribution in [-0.2, 0) is 0 Å². The lowest BCUT2D eigenvalue weighted by Gasteiger charge is -2.24. The highest BCUT2D eigenvalue weighted by molar-refractivity contribution is 6.18. The Kier molecular flexibility index (Phi) is 6.90. The Bertz CT molecular complexity index is 472. The van der Waals surface area contributed by atoms with Crippen molar-refractivity contribution in [3.63, 3.8) is 0 Å². The Balaban J connectivity index is 3.14. The third-order valence-corrected chi connectivity index (χ3v) is 2.86. The Labute approximate surface area is 132 Å². The van der Waals surface area contributed by atoms with Crippen molar-refractivity contribution in [1.82, 2.24) is 0 Å². The van der Waals surface area contributed by atoms with Gasteiger partial charge in [0.2, 0.25) is 0 Å². The van der Waals surface area contributed by atoms with E-state index in [1.54, 1.807) is 18.2 Å². The van der Waals surface area contributed by atoms with Crippen molar-refractivity contribution in [3.8, 4) is 0 Å². The van der Waals surface area contributed by atoms with Gasteiger partial charge in [-0.25, -0.2) is 9.59 Å². The van der Waals surface area contributed by atoms with E-state index < -0.39 is 12.1 Å². The molecule has 21 heavy (non-hydrogen) atoms. The van der Waals surface area contributed by atoms with Crippen molar-refractivity contribution in [3.05, 3.63) is 18.2 Å². The van der Waals surface area contributed by atoms with Gasteiger partial charge in [0.25, 0.3) is 0 Å². The van der Waals surface area contributed by atoms with E-state index in [0.29, 0.717) is 36.2 Å². The van der Waals surface area contributed by atoms with Crippen LogP contribution in [0.3, 0.4) is 0 Å². The summed E-state index contributed by atoms with van der Waals surface area (Å²) in [5, 5.41) is 4.90. The Morgan fingerprint density at radius 2 is 1.38 bits per heavy atom. The fraction of sp³-hybridized carbons (Fsp3) is 0.333. The second-order valence-corrected chi connectivity index (χ2v) is 4.87. The van der Waals surface area contributed by atoms with Gasteiger partial charge in [-0.15, -0.1) is 23.2 Å². The van der Waals surface area contributed by atoms with E-state index >= 15 is 0 Å². The van der Waals surface area contributed by atoms with Crippen LogP contribution >= 0.6 is 23.2 Å².